The molecule has 0 aliphatic carbocycles. The van der Waals surface area contributed by atoms with Crippen molar-refractivity contribution in [2.45, 2.75) is 6.92 Å². The van der Waals surface area contributed by atoms with Crippen LogP contribution in [0.4, 0.5) is 17.1 Å². The van der Waals surface area contributed by atoms with Crippen molar-refractivity contribution < 1.29 is 0 Å². The highest BCUT2D eigenvalue weighted by molar-refractivity contribution is 5.86. The predicted octanol–water partition coefficient (Wildman–Crippen LogP) is 13.8. The Morgan fingerprint density at radius 3 is 0.880 bits per heavy atom. The number of aryl methyl sites for hydroxylation is 1. The molecule has 1 nitrogen and oxygen atoms in total. The largest absolute Gasteiger partial charge is 0.310 e. The lowest BCUT2D eigenvalue weighted by atomic mass is 9.97. The van der Waals surface area contributed by atoms with E-state index in [0.29, 0.717) is 0 Å². The van der Waals surface area contributed by atoms with E-state index in [9.17, 15) is 0 Å². The van der Waals surface area contributed by atoms with Crippen molar-refractivity contribution >= 4 is 17.1 Å². The third kappa shape index (κ3) is 6.63. The third-order valence-corrected chi connectivity index (χ3v) is 9.35. The normalized spacial score (nSPS) is 10.9. The minimum atomic E-state index is 1.10. The zero-order valence-electron chi connectivity index (χ0n) is 28.1. The molecule has 0 atom stereocenters. The van der Waals surface area contributed by atoms with E-state index in [1.807, 2.05) is 0 Å². The van der Waals surface area contributed by atoms with Crippen molar-refractivity contribution in [2.24, 2.45) is 0 Å². The molecule has 0 aliphatic heterocycles. The molecule has 0 unspecified atom stereocenters. The topological polar surface area (TPSA) is 3.24 Å². The molecule has 0 fully saturated rings. The molecular weight excluding hydrogens is 603 g/mol. The van der Waals surface area contributed by atoms with Gasteiger partial charge in [-0.2, -0.15) is 0 Å². The van der Waals surface area contributed by atoms with Crippen LogP contribution in [0.25, 0.3) is 55.6 Å². The summed E-state index contributed by atoms with van der Waals surface area (Å²) in [5.41, 5.74) is 16.6. The van der Waals surface area contributed by atoms with E-state index in [-0.39, 0.29) is 0 Å². The highest BCUT2D eigenvalue weighted by Crippen LogP contribution is 2.41. The Morgan fingerprint density at radius 2 is 0.520 bits per heavy atom. The van der Waals surface area contributed by atoms with Crippen LogP contribution in [0.5, 0.6) is 0 Å². The second kappa shape index (κ2) is 14.0. The van der Waals surface area contributed by atoms with Crippen LogP contribution < -0.4 is 4.90 Å². The van der Waals surface area contributed by atoms with Crippen molar-refractivity contribution in [3.05, 3.63) is 212 Å². The first-order valence-electron chi connectivity index (χ1n) is 17.2. The lowest BCUT2D eigenvalue weighted by molar-refractivity contribution is 1.28. The summed E-state index contributed by atoms with van der Waals surface area (Å²) in [5, 5.41) is 0. The Morgan fingerprint density at radius 1 is 0.240 bits per heavy atom. The van der Waals surface area contributed by atoms with Gasteiger partial charge in [0, 0.05) is 17.1 Å². The second-order valence-electron chi connectivity index (χ2n) is 12.7. The van der Waals surface area contributed by atoms with E-state index < -0.39 is 0 Å². The molecule has 1 heteroatoms. The van der Waals surface area contributed by atoms with Gasteiger partial charge in [0.25, 0.3) is 0 Å². The van der Waals surface area contributed by atoms with Gasteiger partial charge in [0.1, 0.15) is 0 Å². The van der Waals surface area contributed by atoms with Crippen molar-refractivity contribution in [1.82, 2.24) is 0 Å². The molecule has 0 aliphatic rings. The van der Waals surface area contributed by atoms with Gasteiger partial charge in [-0.1, -0.05) is 169 Å². The molecule has 50 heavy (non-hydrogen) atoms. The molecule has 0 N–H and O–H groups in total. The van der Waals surface area contributed by atoms with Crippen LogP contribution in [0.2, 0.25) is 0 Å². The van der Waals surface area contributed by atoms with E-state index >= 15 is 0 Å². The smallest absolute Gasteiger partial charge is 0.0473 e. The van der Waals surface area contributed by atoms with Crippen LogP contribution in [0.3, 0.4) is 0 Å². The van der Waals surface area contributed by atoms with Crippen LogP contribution >= 0.6 is 0 Å². The highest BCUT2D eigenvalue weighted by Gasteiger charge is 2.16. The molecule has 8 rings (SSSR count). The van der Waals surface area contributed by atoms with Crippen molar-refractivity contribution in [3.63, 3.8) is 0 Å². The fourth-order valence-corrected chi connectivity index (χ4v) is 6.62. The van der Waals surface area contributed by atoms with Gasteiger partial charge in [-0.05, 0) is 105 Å². The molecule has 0 saturated carbocycles. The maximum Gasteiger partial charge on any atom is 0.0473 e. The number of rotatable bonds is 8. The minimum absolute atomic E-state index is 1.10. The van der Waals surface area contributed by atoms with Crippen LogP contribution in [0, 0.1) is 6.92 Å². The Bertz CT molecular complexity index is 2250. The molecule has 8 aromatic carbocycles. The summed E-state index contributed by atoms with van der Waals surface area (Å²) >= 11 is 0. The fourth-order valence-electron chi connectivity index (χ4n) is 6.62. The molecule has 238 valence electrons. The Balaban J connectivity index is 1.21. The summed E-state index contributed by atoms with van der Waals surface area (Å²) in [6.07, 6.45) is 0. The average molecular weight is 640 g/mol. The number of hydrogen-bond donors (Lipinski definition) is 0. The van der Waals surface area contributed by atoms with E-state index in [1.165, 1.54) is 61.2 Å². The first-order chi connectivity index (χ1) is 24.7. The Labute approximate surface area is 295 Å². The first-order valence-corrected chi connectivity index (χ1v) is 17.2. The van der Waals surface area contributed by atoms with Crippen LogP contribution in [-0.4, -0.2) is 0 Å². The monoisotopic (exact) mass is 639 g/mol. The van der Waals surface area contributed by atoms with Gasteiger partial charge in [-0.15, -0.1) is 0 Å². The predicted molar refractivity (Wildman–Crippen MR) is 213 cm³/mol. The van der Waals surface area contributed by atoms with Gasteiger partial charge in [0.15, 0.2) is 0 Å². The van der Waals surface area contributed by atoms with E-state index in [4.69, 9.17) is 0 Å². The molecular formula is C49H37N. The van der Waals surface area contributed by atoms with Gasteiger partial charge in [-0.25, -0.2) is 0 Å². The highest BCUT2D eigenvalue weighted by atomic mass is 15.1. The quantitative estimate of drug-likeness (QED) is 0.160. The van der Waals surface area contributed by atoms with Gasteiger partial charge in [0.2, 0.25) is 0 Å². The van der Waals surface area contributed by atoms with E-state index in [1.54, 1.807) is 0 Å². The summed E-state index contributed by atoms with van der Waals surface area (Å²) in [7, 11) is 0. The first kappa shape index (κ1) is 30.9. The SMILES string of the molecule is Cc1ccc(-c2ccc(-c3ccc(N(c4ccc(-c5ccccc5)cc4)c4cc(-c5ccccc5)cc(-c5ccccc5)c4)cc3)cc2)cc1. The molecule has 0 aromatic heterocycles. The van der Waals surface area contributed by atoms with Crippen LogP contribution in [-0.2, 0) is 0 Å². The van der Waals surface area contributed by atoms with E-state index in [0.717, 1.165) is 17.1 Å². The molecule has 0 amide bonds. The maximum atomic E-state index is 2.37. The van der Waals surface area contributed by atoms with Gasteiger partial charge < -0.3 is 4.90 Å². The summed E-state index contributed by atoms with van der Waals surface area (Å²) < 4.78 is 0. The van der Waals surface area contributed by atoms with Crippen molar-refractivity contribution in [3.8, 4) is 55.6 Å². The fraction of sp³-hybridized carbons (Fsp3) is 0.0204. The number of benzene rings is 8. The van der Waals surface area contributed by atoms with Crippen LogP contribution in [0.1, 0.15) is 5.56 Å². The van der Waals surface area contributed by atoms with E-state index in [2.05, 4.69) is 218 Å². The molecule has 0 heterocycles. The number of anilines is 3. The van der Waals surface area contributed by atoms with Crippen LogP contribution in [0.15, 0.2) is 206 Å². The summed E-state index contributed by atoms with van der Waals surface area (Å²) in [5.74, 6) is 0. The lowest BCUT2D eigenvalue weighted by Gasteiger charge is -2.27. The average Bonchev–Trinajstić information content (AvgIpc) is 3.20. The van der Waals surface area contributed by atoms with Gasteiger partial charge in [-0.3, -0.25) is 0 Å². The molecule has 0 spiro atoms. The van der Waals surface area contributed by atoms with Gasteiger partial charge >= 0.3 is 0 Å². The second-order valence-corrected chi connectivity index (χ2v) is 12.7. The Hall–Kier alpha value is -6.44. The molecule has 8 aromatic rings. The summed E-state index contributed by atoms with van der Waals surface area (Å²) in [4.78, 5) is 2.37. The molecule has 0 radical (unpaired) electrons. The zero-order valence-corrected chi connectivity index (χ0v) is 28.1. The number of hydrogen-bond acceptors (Lipinski definition) is 1. The molecule has 0 saturated heterocycles. The maximum absolute atomic E-state index is 2.37. The summed E-state index contributed by atoms with van der Waals surface area (Å²) in [6, 6.07) is 74.3. The standard InChI is InChI=1S/C49H37N/c1-36-17-19-40(20-18-36)41-21-23-42(24-22-41)44-27-31-48(32-28-44)50(47-29-25-43(26-30-47)37-11-5-2-6-12-37)49-34-45(38-13-7-3-8-14-38)33-46(35-49)39-15-9-4-10-16-39/h2-35H,1H3. The number of nitrogens with zero attached hydrogens (tertiary/aromatic N) is 1. The minimum Gasteiger partial charge on any atom is -0.310 e. The molecule has 0 bridgehead atoms. The zero-order chi connectivity index (χ0) is 33.7. The Kier molecular flexibility index (Phi) is 8.62. The third-order valence-electron chi connectivity index (χ3n) is 9.35. The summed E-state index contributed by atoms with van der Waals surface area (Å²) in [6.45, 7) is 2.12. The van der Waals surface area contributed by atoms with Crippen molar-refractivity contribution in [2.75, 3.05) is 4.90 Å². The van der Waals surface area contributed by atoms with Crippen molar-refractivity contribution in [1.29, 1.82) is 0 Å². The lowest BCUT2D eigenvalue weighted by Crippen LogP contribution is -2.10. The van der Waals surface area contributed by atoms with Gasteiger partial charge in [0.05, 0.1) is 0 Å².